The van der Waals surface area contributed by atoms with Crippen LogP contribution in [0.5, 0.6) is 5.75 Å². The lowest BCUT2D eigenvalue weighted by Crippen LogP contribution is -2.35. The fraction of sp³-hybridized carbons (Fsp3) is 0.409. The Labute approximate surface area is 174 Å². The van der Waals surface area contributed by atoms with Crippen LogP contribution in [0.3, 0.4) is 0 Å². The standard InChI is InChI=1S/C22H27FN4O3/c1-3-26-22-13(12(2)24)7-9-27(22)17-10-19(21(29)20(17)28)30-18-5-4-16(23)14-6-8-25-11-15(14)18/h3-5,7,9,17,19-21,25,28-29H,2,6,8,10-11,24H2,1H3/b26-3-. The van der Waals surface area contributed by atoms with Crippen LogP contribution in [0.15, 0.2) is 36.0 Å². The van der Waals surface area contributed by atoms with Gasteiger partial charge in [-0.2, -0.15) is 0 Å². The molecule has 0 amide bonds. The number of benzene rings is 1. The third kappa shape index (κ3) is 3.51. The Balaban J connectivity index is 1.62. The summed E-state index contributed by atoms with van der Waals surface area (Å²) in [5.41, 5.74) is 8.34. The molecule has 160 valence electrons. The van der Waals surface area contributed by atoms with Gasteiger partial charge >= 0.3 is 0 Å². The van der Waals surface area contributed by atoms with Crippen LogP contribution in [0.25, 0.3) is 5.70 Å². The van der Waals surface area contributed by atoms with Gasteiger partial charge in [-0.3, -0.25) is 0 Å². The molecule has 1 fully saturated rings. The number of nitrogens with one attached hydrogen (secondary N) is 1. The van der Waals surface area contributed by atoms with E-state index in [9.17, 15) is 14.6 Å². The maximum Gasteiger partial charge on any atom is 0.141 e. The van der Waals surface area contributed by atoms with Crippen molar-refractivity contribution in [2.45, 2.75) is 50.7 Å². The first-order valence-corrected chi connectivity index (χ1v) is 10.1. The van der Waals surface area contributed by atoms with E-state index in [1.54, 1.807) is 36.0 Å². The van der Waals surface area contributed by atoms with Gasteiger partial charge in [0.05, 0.1) is 6.04 Å². The lowest BCUT2D eigenvalue weighted by atomic mass is 9.99. The number of halogens is 1. The summed E-state index contributed by atoms with van der Waals surface area (Å²) < 4.78 is 22.1. The smallest absolute Gasteiger partial charge is 0.141 e. The fourth-order valence-corrected chi connectivity index (χ4v) is 4.38. The molecule has 4 unspecified atom stereocenters. The van der Waals surface area contributed by atoms with E-state index in [0.29, 0.717) is 54.3 Å². The predicted molar refractivity (Wildman–Crippen MR) is 113 cm³/mol. The Morgan fingerprint density at radius 3 is 2.87 bits per heavy atom. The van der Waals surface area contributed by atoms with Gasteiger partial charge < -0.3 is 30.6 Å². The van der Waals surface area contributed by atoms with Crippen molar-refractivity contribution in [1.29, 1.82) is 0 Å². The number of aliphatic hydroxyl groups excluding tert-OH is 2. The minimum absolute atomic E-state index is 0.243. The van der Waals surface area contributed by atoms with Crippen LogP contribution in [0.4, 0.5) is 10.2 Å². The van der Waals surface area contributed by atoms with Crippen molar-refractivity contribution < 1.29 is 19.3 Å². The zero-order valence-electron chi connectivity index (χ0n) is 16.9. The summed E-state index contributed by atoms with van der Waals surface area (Å²) in [5.74, 6) is 0.865. The number of rotatable bonds is 5. The fourth-order valence-electron chi connectivity index (χ4n) is 4.38. The maximum absolute atomic E-state index is 14.2. The molecule has 0 radical (unpaired) electrons. The molecule has 5 N–H and O–H groups in total. The summed E-state index contributed by atoms with van der Waals surface area (Å²) in [4.78, 5) is 4.38. The first-order valence-electron chi connectivity index (χ1n) is 10.1. The number of hydrogen-bond acceptors (Lipinski definition) is 6. The molecule has 4 atom stereocenters. The quantitative estimate of drug-likeness (QED) is 0.561. The summed E-state index contributed by atoms with van der Waals surface area (Å²) in [6.07, 6.45) is 1.57. The van der Waals surface area contributed by atoms with E-state index in [2.05, 4.69) is 16.9 Å². The second kappa shape index (κ2) is 8.22. The molecular weight excluding hydrogens is 387 g/mol. The Morgan fingerprint density at radius 2 is 2.13 bits per heavy atom. The van der Waals surface area contributed by atoms with E-state index < -0.39 is 24.4 Å². The number of nitrogens with zero attached hydrogens (tertiary/aromatic N) is 2. The highest BCUT2D eigenvalue weighted by molar-refractivity contribution is 5.73. The van der Waals surface area contributed by atoms with Gasteiger partial charge in [0.15, 0.2) is 0 Å². The number of hydrogen-bond donors (Lipinski definition) is 4. The average Bonchev–Trinajstić information content (AvgIpc) is 3.27. The van der Waals surface area contributed by atoms with Crippen LogP contribution in [-0.2, 0) is 13.0 Å². The summed E-state index contributed by atoms with van der Waals surface area (Å²) in [5, 5.41) is 24.7. The number of nitrogens with two attached hydrogens (primary N) is 1. The monoisotopic (exact) mass is 414 g/mol. The third-order valence-corrected chi connectivity index (χ3v) is 5.90. The minimum Gasteiger partial charge on any atom is -0.487 e. The molecule has 1 aliphatic carbocycles. The van der Waals surface area contributed by atoms with Crippen LogP contribution in [-0.4, -0.2) is 45.9 Å². The van der Waals surface area contributed by atoms with Crippen LogP contribution >= 0.6 is 0 Å². The first-order chi connectivity index (χ1) is 14.4. The van der Waals surface area contributed by atoms with Crippen LogP contribution < -0.4 is 15.8 Å². The highest BCUT2D eigenvalue weighted by Crippen LogP contribution is 2.39. The molecule has 1 aliphatic heterocycles. The van der Waals surface area contributed by atoms with Crippen LogP contribution in [0.2, 0.25) is 0 Å². The van der Waals surface area contributed by atoms with E-state index in [0.717, 1.165) is 5.56 Å². The molecule has 0 spiro atoms. The molecule has 0 saturated heterocycles. The number of ether oxygens (including phenoxy) is 1. The summed E-state index contributed by atoms with van der Waals surface area (Å²) in [6.45, 7) is 6.79. The SMILES string of the molecule is C=C(N)c1ccn(C2CC(Oc3ccc(F)c4c3CNCC4)C(O)C2O)c1/N=C\C. The summed E-state index contributed by atoms with van der Waals surface area (Å²) >= 11 is 0. The van der Waals surface area contributed by atoms with Crippen molar-refractivity contribution >= 4 is 17.7 Å². The van der Waals surface area contributed by atoms with Crippen molar-refractivity contribution in [3.63, 3.8) is 0 Å². The average molecular weight is 414 g/mol. The summed E-state index contributed by atoms with van der Waals surface area (Å²) in [6, 6.07) is 4.33. The summed E-state index contributed by atoms with van der Waals surface area (Å²) in [7, 11) is 0. The normalized spacial score (nSPS) is 26.1. The van der Waals surface area contributed by atoms with Crippen LogP contribution in [0.1, 0.15) is 36.1 Å². The zero-order chi connectivity index (χ0) is 21.4. The number of aromatic nitrogens is 1. The molecule has 2 aromatic rings. The molecule has 1 aromatic carbocycles. The highest BCUT2D eigenvalue weighted by Gasteiger charge is 2.45. The lowest BCUT2D eigenvalue weighted by molar-refractivity contribution is -0.0168. The molecule has 4 rings (SSSR count). The van der Waals surface area contributed by atoms with Gasteiger partial charge in [-0.15, -0.1) is 0 Å². The van der Waals surface area contributed by atoms with Crippen molar-refractivity contribution in [3.8, 4) is 5.75 Å². The van der Waals surface area contributed by atoms with Crippen molar-refractivity contribution in [1.82, 2.24) is 9.88 Å². The predicted octanol–water partition coefficient (Wildman–Crippen LogP) is 2.04. The molecule has 1 aromatic heterocycles. The molecule has 1 saturated carbocycles. The Morgan fingerprint density at radius 1 is 1.33 bits per heavy atom. The van der Waals surface area contributed by atoms with E-state index in [4.69, 9.17) is 10.5 Å². The molecule has 0 bridgehead atoms. The third-order valence-electron chi connectivity index (χ3n) is 5.90. The largest absolute Gasteiger partial charge is 0.487 e. The van der Waals surface area contributed by atoms with Gasteiger partial charge in [0.1, 0.15) is 35.7 Å². The topological polar surface area (TPSA) is 105 Å². The van der Waals surface area contributed by atoms with Gasteiger partial charge in [0.2, 0.25) is 0 Å². The van der Waals surface area contributed by atoms with Gasteiger partial charge in [-0.05, 0) is 43.7 Å². The van der Waals surface area contributed by atoms with Gasteiger partial charge in [0, 0.05) is 42.2 Å². The van der Waals surface area contributed by atoms with Crippen LogP contribution in [0, 0.1) is 5.82 Å². The van der Waals surface area contributed by atoms with E-state index in [-0.39, 0.29) is 5.82 Å². The second-order valence-electron chi connectivity index (χ2n) is 7.74. The second-order valence-corrected chi connectivity index (χ2v) is 7.74. The van der Waals surface area contributed by atoms with Gasteiger partial charge in [-0.25, -0.2) is 9.38 Å². The molecule has 2 aliphatic rings. The van der Waals surface area contributed by atoms with Gasteiger partial charge in [0.25, 0.3) is 0 Å². The lowest BCUT2D eigenvalue weighted by Gasteiger charge is -2.24. The van der Waals surface area contributed by atoms with E-state index in [1.165, 1.54) is 6.07 Å². The maximum atomic E-state index is 14.2. The molecular formula is C22H27FN4O3. The number of fused-ring (bicyclic) bond motifs is 1. The Kier molecular flexibility index (Phi) is 5.64. The van der Waals surface area contributed by atoms with Crippen molar-refractivity contribution in [3.05, 3.63) is 53.5 Å². The number of aliphatic imine (C=N–C) groups is 1. The molecule has 8 heteroatoms. The van der Waals surface area contributed by atoms with Crippen molar-refractivity contribution in [2.24, 2.45) is 10.7 Å². The first kappa shape index (κ1) is 20.6. The van der Waals surface area contributed by atoms with E-state index >= 15 is 0 Å². The van der Waals surface area contributed by atoms with E-state index in [1.807, 2.05) is 0 Å². The van der Waals surface area contributed by atoms with Gasteiger partial charge in [-0.1, -0.05) is 6.58 Å². The number of aliphatic hydroxyl groups is 2. The minimum atomic E-state index is -1.10. The highest BCUT2D eigenvalue weighted by atomic mass is 19.1. The molecule has 2 heterocycles. The zero-order valence-corrected chi connectivity index (χ0v) is 16.9. The van der Waals surface area contributed by atoms with Crippen molar-refractivity contribution in [2.75, 3.05) is 6.54 Å². The Hall–Kier alpha value is -2.68. The Bertz CT molecular complexity index is 987. The molecule has 7 nitrogen and oxygen atoms in total. The molecule has 30 heavy (non-hydrogen) atoms.